The van der Waals surface area contributed by atoms with Gasteiger partial charge in [-0.1, -0.05) is 13.2 Å². The van der Waals surface area contributed by atoms with Gasteiger partial charge < -0.3 is 10.6 Å². The van der Waals surface area contributed by atoms with E-state index in [4.69, 9.17) is 0 Å². The van der Waals surface area contributed by atoms with E-state index in [-0.39, 0.29) is 11.8 Å². The molecule has 3 aliphatic carbocycles. The van der Waals surface area contributed by atoms with Crippen LogP contribution in [0.2, 0.25) is 0 Å². The smallest absolute Gasteiger partial charge is 0.246 e. The molecule has 2 amide bonds. The minimum atomic E-state index is -0.0104. The van der Waals surface area contributed by atoms with Crippen molar-refractivity contribution < 1.29 is 9.59 Å². The van der Waals surface area contributed by atoms with Crippen molar-refractivity contribution in [2.75, 3.05) is 13.1 Å². The molecule has 2 N–H and O–H groups in total. The summed E-state index contributed by atoms with van der Waals surface area (Å²) in [6, 6.07) is 0. The molecule has 26 heavy (non-hydrogen) atoms. The highest BCUT2D eigenvalue weighted by Gasteiger charge is 2.56. The lowest BCUT2D eigenvalue weighted by molar-refractivity contribution is -0.118. The van der Waals surface area contributed by atoms with E-state index < -0.39 is 0 Å². The maximum Gasteiger partial charge on any atom is 0.246 e. The van der Waals surface area contributed by atoms with E-state index in [0.29, 0.717) is 11.1 Å². The van der Waals surface area contributed by atoms with Crippen molar-refractivity contribution in [2.24, 2.45) is 35.5 Å². The molecule has 0 aromatic rings. The van der Waals surface area contributed by atoms with Gasteiger partial charge in [0.1, 0.15) is 0 Å². The fourth-order valence-electron chi connectivity index (χ4n) is 6.13. The number of fused-ring (bicyclic) bond motifs is 5. The zero-order chi connectivity index (χ0) is 18.8. The maximum atomic E-state index is 11.7. The molecule has 4 nitrogen and oxygen atoms in total. The topological polar surface area (TPSA) is 58.2 Å². The quantitative estimate of drug-likeness (QED) is 0.653. The van der Waals surface area contributed by atoms with Crippen molar-refractivity contribution in [3.05, 3.63) is 24.3 Å². The number of amides is 2. The van der Waals surface area contributed by atoms with Crippen LogP contribution < -0.4 is 10.6 Å². The van der Waals surface area contributed by atoms with Crippen molar-refractivity contribution in [1.29, 1.82) is 0 Å². The van der Waals surface area contributed by atoms with E-state index >= 15 is 0 Å². The summed E-state index contributed by atoms with van der Waals surface area (Å²) >= 11 is 0. The highest BCUT2D eigenvalue weighted by molar-refractivity contribution is 5.92. The molecular formula is C22H34N2O2. The van der Waals surface area contributed by atoms with E-state index in [1.54, 1.807) is 13.8 Å². The monoisotopic (exact) mass is 358 g/mol. The highest BCUT2D eigenvalue weighted by Crippen LogP contribution is 2.63. The van der Waals surface area contributed by atoms with Crippen LogP contribution in [0.15, 0.2) is 24.3 Å². The van der Waals surface area contributed by atoms with Crippen LogP contribution in [0.1, 0.15) is 52.4 Å². The molecule has 3 aliphatic rings. The molecule has 6 unspecified atom stereocenters. The first kappa shape index (κ1) is 19.2. The summed E-state index contributed by atoms with van der Waals surface area (Å²) in [5, 5.41) is 6.00. The van der Waals surface area contributed by atoms with Crippen LogP contribution in [-0.4, -0.2) is 24.9 Å². The SMILES string of the molecule is C=C(C)C(=O)NCCC1CC2CC1C1CCC(CCNC(=O)C(=C)C)C21. The maximum absolute atomic E-state index is 11.7. The number of carbonyl (C=O) groups excluding carboxylic acids is 2. The molecule has 144 valence electrons. The number of hydrogen-bond donors (Lipinski definition) is 2. The van der Waals surface area contributed by atoms with Crippen molar-refractivity contribution in [3.63, 3.8) is 0 Å². The molecule has 0 radical (unpaired) electrons. The van der Waals surface area contributed by atoms with Crippen LogP contribution in [0.5, 0.6) is 0 Å². The Hall–Kier alpha value is -1.58. The Kier molecular flexibility index (Phi) is 5.89. The molecular weight excluding hydrogens is 324 g/mol. The van der Waals surface area contributed by atoms with Gasteiger partial charge in [-0.15, -0.1) is 0 Å². The van der Waals surface area contributed by atoms with E-state index in [1.807, 2.05) is 0 Å². The summed E-state index contributed by atoms with van der Waals surface area (Å²) in [5.74, 6) is 5.05. The lowest BCUT2D eigenvalue weighted by Gasteiger charge is -2.34. The van der Waals surface area contributed by atoms with Gasteiger partial charge in [-0.2, -0.15) is 0 Å². The minimum absolute atomic E-state index is 0.00985. The van der Waals surface area contributed by atoms with Gasteiger partial charge in [-0.25, -0.2) is 0 Å². The number of carbonyl (C=O) groups is 2. The second kappa shape index (κ2) is 7.98. The Balaban J connectivity index is 1.44. The second-order valence-corrected chi connectivity index (χ2v) is 8.88. The molecule has 0 aromatic carbocycles. The summed E-state index contributed by atoms with van der Waals surface area (Å²) in [6.45, 7) is 12.5. The largest absolute Gasteiger partial charge is 0.352 e. The number of nitrogens with one attached hydrogen (secondary N) is 2. The van der Waals surface area contributed by atoms with Crippen molar-refractivity contribution in [1.82, 2.24) is 10.6 Å². The average molecular weight is 359 g/mol. The normalized spacial score (nSPS) is 34.4. The highest BCUT2D eigenvalue weighted by atomic mass is 16.2. The van der Waals surface area contributed by atoms with Gasteiger partial charge in [0.05, 0.1) is 0 Å². The average Bonchev–Trinajstić information content (AvgIpc) is 3.26. The Bertz CT molecular complexity index is 597. The third kappa shape index (κ3) is 3.89. The van der Waals surface area contributed by atoms with Gasteiger partial charge in [0, 0.05) is 24.2 Å². The molecule has 3 fully saturated rings. The second-order valence-electron chi connectivity index (χ2n) is 8.88. The van der Waals surface area contributed by atoms with Crippen molar-refractivity contribution >= 4 is 11.8 Å². The molecule has 2 bridgehead atoms. The summed E-state index contributed by atoms with van der Waals surface area (Å²) in [4.78, 5) is 23.3. The molecule has 6 atom stereocenters. The van der Waals surface area contributed by atoms with Crippen LogP contribution in [0.25, 0.3) is 0 Å². The van der Waals surface area contributed by atoms with E-state index in [0.717, 1.165) is 61.4 Å². The predicted octanol–water partition coefficient (Wildman–Crippen LogP) is 3.45. The van der Waals surface area contributed by atoms with Crippen molar-refractivity contribution in [2.45, 2.75) is 52.4 Å². The first-order valence-electron chi connectivity index (χ1n) is 10.3. The summed E-state index contributed by atoms with van der Waals surface area (Å²) in [5.41, 5.74) is 1.19. The number of hydrogen-bond acceptors (Lipinski definition) is 2. The molecule has 0 heterocycles. The van der Waals surface area contributed by atoms with Crippen molar-refractivity contribution in [3.8, 4) is 0 Å². The predicted molar refractivity (Wildman–Crippen MR) is 104 cm³/mol. The fourth-order valence-corrected chi connectivity index (χ4v) is 6.13. The van der Waals surface area contributed by atoms with Crippen LogP contribution in [0, 0.1) is 35.5 Å². The lowest BCUT2D eigenvalue weighted by atomic mass is 9.72. The van der Waals surface area contributed by atoms with Gasteiger partial charge in [0.15, 0.2) is 0 Å². The molecule has 4 heteroatoms. The van der Waals surface area contributed by atoms with Gasteiger partial charge >= 0.3 is 0 Å². The zero-order valence-electron chi connectivity index (χ0n) is 16.4. The fraction of sp³-hybridized carbons (Fsp3) is 0.727. The summed E-state index contributed by atoms with van der Waals surface area (Å²) < 4.78 is 0. The Labute approximate surface area is 157 Å². The van der Waals surface area contributed by atoms with E-state index in [9.17, 15) is 9.59 Å². The van der Waals surface area contributed by atoms with E-state index in [1.165, 1.54) is 25.7 Å². The first-order valence-corrected chi connectivity index (χ1v) is 10.3. The van der Waals surface area contributed by atoms with Gasteiger partial charge in [0.25, 0.3) is 0 Å². The van der Waals surface area contributed by atoms with Gasteiger partial charge in [-0.05, 0) is 87.9 Å². The number of rotatable bonds is 8. The summed E-state index contributed by atoms with van der Waals surface area (Å²) in [7, 11) is 0. The molecule has 0 spiro atoms. The van der Waals surface area contributed by atoms with Gasteiger partial charge in [0.2, 0.25) is 11.8 Å². The standard InChI is InChI=1S/C22H34N2O2/c1-13(2)21(25)23-9-7-15-5-6-18-19-12-17(20(15)18)11-16(19)8-10-24-22(26)14(3)4/h15-20H,1,3,5-12H2,2,4H3,(H,23,25)(H,24,26). The van der Waals surface area contributed by atoms with Crippen LogP contribution >= 0.6 is 0 Å². The third-order valence-corrected chi connectivity index (χ3v) is 7.17. The van der Waals surface area contributed by atoms with E-state index in [2.05, 4.69) is 23.8 Å². The zero-order valence-corrected chi connectivity index (χ0v) is 16.4. The lowest BCUT2D eigenvalue weighted by Crippen LogP contribution is -2.32. The van der Waals surface area contributed by atoms with Crippen LogP contribution in [0.3, 0.4) is 0 Å². The summed E-state index contributed by atoms with van der Waals surface area (Å²) in [6.07, 6.45) is 7.64. The first-order chi connectivity index (χ1) is 12.4. The van der Waals surface area contributed by atoms with Crippen LogP contribution in [0.4, 0.5) is 0 Å². The molecule has 0 aliphatic heterocycles. The minimum Gasteiger partial charge on any atom is -0.352 e. The Morgan fingerprint density at radius 3 is 2.00 bits per heavy atom. The third-order valence-electron chi connectivity index (χ3n) is 7.17. The Morgan fingerprint density at radius 1 is 0.846 bits per heavy atom. The van der Waals surface area contributed by atoms with Crippen LogP contribution in [-0.2, 0) is 9.59 Å². The molecule has 0 saturated heterocycles. The van der Waals surface area contributed by atoms with Gasteiger partial charge in [-0.3, -0.25) is 9.59 Å². The molecule has 3 rings (SSSR count). The molecule has 0 aromatic heterocycles. The Morgan fingerprint density at radius 2 is 1.42 bits per heavy atom. The molecule has 3 saturated carbocycles.